The van der Waals surface area contributed by atoms with E-state index in [1.807, 2.05) is 0 Å². The predicted octanol–water partition coefficient (Wildman–Crippen LogP) is 2.39. The monoisotopic (exact) mass is 229 g/mol. The Balaban J connectivity index is 1.92. The van der Waals surface area contributed by atoms with Crippen LogP contribution < -0.4 is 0 Å². The molecule has 1 heterocycles. The molecule has 3 nitrogen and oxygen atoms in total. The lowest BCUT2D eigenvalue weighted by Gasteiger charge is -2.00. The third kappa shape index (κ3) is 3.03. The largest absolute Gasteiger partial charge is 0.478 e. The zero-order valence-electron chi connectivity index (χ0n) is 9.81. The van der Waals surface area contributed by atoms with Crippen molar-refractivity contribution in [2.24, 2.45) is 4.99 Å². The van der Waals surface area contributed by atoms with E-state index in [0.29, 0.717) is 12.1 Å². The van der Waals surface area contributed by atoms with Gasteiger partial charge in [-0.05, 0) is 31.4 Å². The van der Waals surface area contributed by atoms with Gasteiger partial charge in [-0.1, -0.05) is 29.8 Å². The Morgan fingerprint density at radius 2 is 2.00 bits per heavy atom. The molecule has 1 aliphatic heterocycles. The van der Waals surface area contributed by atoms with Crippen LogP contribution in [0.3, 0.4) is 0 Å². The van der Waals surface area contributed by atoms with Crippen molar-refractivity contribution >= 4 is 11.7 Å². The number of aliphatic carboxylic acids is 1. The number of benzene rings is 1. The molecule has 0 aliphatic carbocycles. The second-order valence-electron chi connectivity index (χ2n) is 4.27. The Labute approximate surface area is 101 Å². The highest BCUT2D eigenvalue weighted by molar-refractivity contribution is 6.04. The number of rotatable bonds is 4. The predicted molar refractivity (Wildman–Crippen MR) is 67.5 cm³/mol. The Hall–Kier alpha value is -1.90. The zero-order chi connectivity index (χ0) is 12.3. The molecule has 88 valence electrons. The summed E-state index contributed by atoms with van der Waals surface area (Å²) >= 11 is 0. The maximum atomic E-state index is 10.7. The summed E-state index contributed by atoms with van der Waals surface area (Å²) < 4.78 is 0. The SMILES string of the molecule is Cc1ccc(CCC2=NCC(C(=O)O)=C2)cc1. The van der Waals surface area contributed by atoms with Crippen LogP contribution in [0.15, 0.2) is 40.9 Å². The lowest BCUT2D eigenvalue weighted by atomic mass is 10.1. The minimum absolute atomic E-state index is 0.318. The maximum absolute atomic E-state index is 10.7. The van der Waals surface area contributed by atoms with Gasteiger partial charge in [-0.25, -0.2) is 4.79 Å². The van der Waals surface area contributed by atoms with Crippen LogP contribution >= 0.6 is 0 Å². The molecule has 0 amide bonds. The molecule has 0 spiro atoms. The van der Waals surface area contributed by atoms with Gasteiger partial charge in [0.15, 0.2) is 0 Å². The normalized spacial score (nSPS) is 14.4. The van der Waals surface area contributed by atoms with E-state index >= 15 is 0 Å². The summed E-state index contributed by atoms with van der Waals surface area (Å²) in [5.41, 5.74) is 3.79. The molecule has 0 saturated carbocycles. The van der Waals surface area contributed by atoms with E-state index in [4.69, 9.17) is 5.11 Å². The van der Waals surface area contributed by atoms with Crippen LogP contribution in [0, 0.1) is 6.92 Å². The van der Waals surface area contributed by atoms with Crippen LogP contribution in [0.25, 0.3) is 0 Å². The molecule has 1 aliphatic rings. The average molecular weight is 229 g/mol. The fourth-order valence-corrected chi connectivity index (χ4v) is 1.79. The van der Waals surface area contributed by atoms with Gasteiger partial charge in [0, 0.05) is 5.71 Å². The van der Waals surface area contributed by atoms with E-state index in [1.54, 1.807) is 6.08 Å². The van der Waals surface area contributed by atoms with Gasteiger partial charge in [-0.3, -0.25) is 4.99 Å². The van der Waals surface area contributed by atoms with Gasteiger partial charge in [-0.2, -0.15) is 0 Å². The summed E-state index contributed by atoms with van der Waals surface area (Å²) in [5, 5.41) is 8.81. The number of nitrogens with zero attached hydrogens (tertiary/aromatic N) is 1. The van der Waals surface area contributed by atoms with E-state index in [0.717, 1.165) is 18.6 Å². The molecule has 0 fully saturated rings. The summed E-state index contributed by atoms with van der Waals surface area (Å²) in [7, 11) is 0. The van der Waals surface area contributed by atoms with Gasteiger partial charge in [0.1, 0.15) is 0 Å². The smallest absolute Gasteiger partial charge is 0.333 e. The summed E-state index contributed by atoms with van der Waals surface area (Å²) in [4.78, 5) is 14.9. The number of allylic oxidation sites excluding steroid dienone is 1. The van der Waals surface area contributed by atoms with Crippen LogP contribution in [-0.4, -0.2) is 23.3 Å². The molecule has 17 heavy (non-hydrogen) atoms. The van der Waals surface area contributed by atoms with Gasteiger partial charge < -0.3 is 5.11 Å². The summed E-state index contributed by atoms with van der Waals surface area (Å²) in [5.74, 6) is -0.862. The van der Waals surface area contributed by atoms with Crippen molar-refractivity contribution < 1.29 is 9.90 Å². The van der Waals surface area contributed by atoms with Crippen molar-refractivity contribution in [3.8, 4) is 0 Å². The topological polar surface area (TPSA) is 49.7 Å². The number of carboxylic acid groups (broad SMARTS) is 1. The molecule has 0 unspecified atom stereocenters. The number of aryl methyl sites for hydroxylation is 2. The van der Waals surface area contributed by atoms with Gasteiger partial charge in [0.25, 0.3) is 0 Å². The molecular weight excluding hydrogens is 214 g/mol. The highest BCUT2D eigenvalue weighted by Crippen LogP contribution is 2.12. The Bertz CT molecular complexity index is 483. The van der Waals surface area contributed by atoms with Crippen molar-refractivity contribution in [1.29, 1.82) is 0 Å². The first-order valence-corrected chi connectivity index (χ1v) is 5.68. The van der Waals surface area contributed by atoms with Crippen molar-refractivity contribution in [2.75, 3.05) is 6.54 Å². The molecular formula is C14H15NO2. The van der Waals surface area contributed by atoms with Crippen molar-refractivity contribution in [1.82, 2.24) is 0 Å². The van der Waals surface area contributed by atoms with Crippen LogP contribution in [0.4, 0.5) is 0 Å². The molecule has 1 aromatic rings. The van der Waals surface area contributed by atoms with E-state index in [2.05, 4.69) is 36.2 Å². The highest BCUT2D eigenvalue weighted by atomic mass is 16.4. The number of hydrogen-bond acceptors (Lipinski definition) is 2. The molecule has 3 heteroatoms. The van der Waals surface area contributed by atoms with E-state index in [-0.39, 0.29) is 0 Å². The molecule has 0 atom stereocenters. The summed E-state index contributed by atoms with van der Waals surface area (Å²) in [6.45, 7) is 2.38. The first-order chi connectivity index (χ1) is 8.15. The zero-order valence-corrected chi connectivity index (χ0v) is 9.81. The summed E-state index contributed by atoms with van der Waals surface area (Å²) in [6, 6.07) is 8.38. The molecule has 0 radical (unpaired) electrons. The van der Waals surface area contributed by atoms with Gasteiger partial charge >= 0.3 is 5.97 Å². The number of carbonyl (C=O) groups is 1. The molecule has 0 aromatic heterocycles. The standard InChI is InChI=1S/C14H15NO2/c1-10-2-4-11(5-3-10)6-7-13-8-12(9-15-13)14(16)17/h2-5,8H,6-7,9H2,1H3,(H,16,17). The number of aliphatic imine (C=N–C) groups is 1. The van der Waals surface area contributed by atoms with Crippen molar-refractivity contribution in [2.45, 2.75) is 19.8 Å². The minimum Gasteiger partial charge on any atom is -0.478 e. The molecule has 1 N–H and O–H groups in total. The van der Waals surface area contributed by atoms with Crippen LogP contribution in [0.1, 0.15) is 17.5 Å². The Morgan fingerprint density at radius 3 is 2.59 bits per heavy atom. The molecule has 1 aromatic carbocycles. The maximum Gasteiger partial charge on any atom is 0.333 e. The van der Waals surface area contributed by atoms with E-state index in [9.17, 15) is 4.79 Å². The van der Waals surface area contributed by atoms with Crippen LogP contribution in [-0.2, 0) is 11.2 Å². The van der Waals surface area contributed by atoms with Gasteiger partial charge in [0.2, 0.25) is 0 Å². The van der Waals surface area contributed by atoms with Crippen molar-refractivity contribution in [3.05, 3.63) is 47.0 Å². The van der Waals surface area contributed by atoms with Gasteiger partial charge in [-0.15, -0.1) is 0 Å². The first kappa shape index (κ1) is 11.6. The fraction of sp³-hybridized carbons (Fsp3) is 0.286. The third-order valence-electron chi connectivity index (χ3n) is 2.86. The minimum atomic E-state index is -0.862. The van der Waals surface area contributed by atoms with E-state index in [1.165, 1.54) is 11.1 Å². The second-order valence-corrected chi connectivity index (χ2v) is 4.27. The van der Waals surface area contributed by atoms with Gasteiger partial charge in [0.05, 0.1) is 12.1 Å². The first-order valence-electron chi connectivity index (χ1n) is 5.68. The second kappa shape index (κ2) is 4.95. The average Bonchev–Trinajstić information content (AvgIpc) is 2.77. The Kier molecular flexibility index (Phi) is 3.38. The Morgan fingerprint density at radius 1 is 1.29 bits per heavy atom. The summed E-state index contributed by atoms with van der Waals surface area (Å²) in [6.07, 6.45) is 3.40. The van der Waals surface area contributed by atoms with Crippen LogP contribution in [0.2, 0.25) is 0 Å². The number of hydrogen-bond donors (Lipinski definition) is 1. The van der Waals surface area contributed by atoms with Crippen LogP contribution in [0.5, 0.6) is 0 Å². The fourth-order valence-electron chi connectivity index (χ4n) is 1.79. The quantitative estimate of drug-likeness (QED) is 0.861. The lowest BCUT2D eigenvalue weighted by Crippen LogP contribution is -2.00. The molecule has 0 bridgehead atoms. The third-order valence-corrected chi connectivity index (χ3v) is 2.86. The molecule has 2 rings (SSSR count). The van der Waals surface area contributed by atoms with E-state index < -0.39 is 5.97 Å². The highest BCUT2D eigenvalue weighted by Gasteiger charge is 2.13. The lowest BCUT2D eigenvalue weighted by molar-refractivity contribution is -0.132. The van der Waals surface area contributed by atoms with Crippen molar-refractivity contribution in [3.63, 3.8) is 0 Å². The molecule has 0 saturated heterocycles. The number of carboxylic acids is 1.